The lowest BCUT2D eigenvalue weighted by molar-refractivity contribution is -0.154. The highest BCUT2D eigenvalue weighted by molar-refractivity contribution is 7.92. The summed E-state index contributed by atoms with van der Waals surface area (Å²) in [5.74, 6) is -1.57. The molecular weight excluding hydrogens is 584 g/mol. The van der Waals surface area contributed by atoms with Crippen molar-refractivity contribution in [2.75, 3.05) is 43.9 Å². The number of hydrogen-bond donors (Lipinski definition) is 2. The molecule has 1 aromatic carbocycles. The van der Waals surface area contributed by atoms with Crippen molar-refractivity contribution in [1.82, 2.24) is 14.2 Å². The molecule has 0 saturated carbocycles. The number of carboxylic acids is 1. The van der Waals surface area contributed by atoms with E-state index >= 15 is 0 Å². The van der Waals surface area contributed by atoms with Crippen LogP contribution in [0.25, 0.3) is 6.08 Å². The maximum atomic E-state index is 12.9. The first-order valence-corrected chi connectivity index (χ1v) is 16.0. The summed E-state index contributed by atoms with van der Waals surface area (Å²) in [6, 6.07) is 9.27. The number of carbonyl (C=O) groups excluding carboxylic acids is 1. The Kier molecular flexibility index (Phi) is 10.7. The number of carbonyl (C=O) groups is 2. The zero-order valence-electron chi connectivity index (χ0n) is 21.7. The fourth-order valence-corrected chi connectivity index (χ4v) is 5.70. The van der Waals surface area contributed by atoms with E-state index in [9.17, 15) is 31.5 Å². The van der Waals surface area contributed by atoms with Crippen LogP contribution in [0.3, 0.4) is 0 Å². The molecule has 12 nitrogen and oxygen atoms in total. The van der Waals surface area contributed by atoms with E-state index in [1.807, 2.05) is 12.1 Å². The van der Waals surface area contributed by atoms with E-state index in [0.29, 0.717) is 23.4 Å². The van der Waals surface area contributed by atoms with Crippen LogP contribution in [-0.2, 0) is 29.7 Å². The molecule has 0 radical (unpaired) electrons. The number of piperazine rings is 1. The van der Waals surface area contributed by atoms with Gasteiger partial charge in [-0.1, -0.05) is 23.7 Å². The summed E-state index contributed by atoms with van der Waals surface area (Å²) in [5.41, 5.74) is 1.71. The molecule has 1 aromatic heterocycles. The molecule has 15 heteroatoms. The quantitative estimate of drug-likeness (QED) is 0.441. The Morgan fingerprint density at radius 3 is 2.20 bits per heavy atom. The number of hydrogen-bond acceptors (Lipinski definition) is 8. The van der Waals surface area contributed by atoms with Gasteiger partial charge in [-0.05, 0) is 54.7 Å². The van der Waals surface area contributed by atoms with Gasteiger partial charge in [-0.3, -0.25) is 14.3 Å². The predicted octanol–water partition coefficient (Wildman–Crippen LogP) is 2.05. The van der Waals surface area contributed by atoms with Gasteiger partial charge in [0.05, 0.1) is 12.8 Å². The second-order valence-corrected chi connectivity index (χ2v) is 13.2. The van der Waals surface area contributed by atoms with Crippen LogP contribution in [0.4, 0.5) is 5.69 Å². The number of nitrogens with zero attached hydrogens (tertiary/aromatic N) is 4. The number of carboxylic acid groups (broad SMARTS) is 1. The largest absolute Gasteiger partial charge is 0.480 e. The Hall–Kier alpha value is -3.04. The fourth-order valence-electron chi connectivity index (χ4n) is 4.44. The molecule has 2 N–H and O–H groups in total. The van der Waals surface area contributed by atoms with Crippen molar-refractivity contribution in [3.8, 4) is 0 Å². The zero-order valence-corrected chi connectivity index (χ0v) is 24.1. The van der Waals surface area contributed by atoms with Crippen molar-refractivity contribution in [3.63, 3.8) is 0 Å². The van der Waals surface area contributed by atoms with Crippen LogP contribution in [0.5, 0.6) is 0 Å². The molecule has 0 spiro atoms. The number of aliphatic carboxylic acids is 1. The number of pyridine rings is 1. The molecule has 2 aliphatic rings. The van der Waals surface area contributed by atoms with Crippen molar-refractivity contribution in [2.45, 2.75) is 18.9 Å². The van der Waals surface area contributed by atoms with Gasteiger partial charge in [-0.15, -0.1) is 0 Å². The Labute approximate surface area is 238 Å². The van der Waals surface area contributed by atoms with E-state index in [4.69, 9.17) is 16.2 Å². The van der Waals surface area contributed by atoms with Gasteiger partial charge in [0, 0.05) is 54.7 Å². The monoisotopic (exact) mass is 614 g/mol. The highest BCUT2D eigenvalue weighted by Crippen LogP contribution is 2.26. The standard InChI is InChI=1S/C24H27ClN4O5S.CH4O3S/c25-20-3-1-18(2-4-20)9-14-35(33,34)28-16-22(24(31)32)29(23(30)17-28)15-19-7-12-27(13-8-19)21-5-10-26-11-6-21;1-5(2,3)4/h1-6,9-11,14,19,22H,7-8,12-13,15-17H2,(H,31,32);1H3,(H,2,3,4)/b14-9+;. The van der Waals surface area contributed by atoms with Crippen molar-refractivity contribution in [1.29, 1.82) is 0 Å². The zero-order chi connectivity index (χ0) is 29.5. The van der Waals surface area contributed by atoms with Crippen molar-refractivity contribution >= 4 is 55.4 Å². The molecule has 2 saturated heterocycles. The van der Waals surface area contributed by atoms with Crippen molar-refractivity contribution < 1.29 is 36.1 Å². The molecule has 1 amide bonds. The van der Waals surface area contributed by atoms with Gasteiger partial charge in [0.15, 0.2) is 0 Å². The number of anilines is 1. The molecule has 3 heterocycles. The van der Waals surface area contributed by atoms with E-state index in [1.165, 1.54) is 11.0 Å². The SMILES string of the molecule is CS(=O)(=O)O.O=C(O)C1CN(S(=O)(=O)/C=C/c2ccc(Cl)cc2)CC(=O)N1CC1CCN(c2ccncc2)CC1. The Morgan fingerprint density at radius 2 is 1.65 bits per heavy atom. The average molecular weight is 615 g/mol. The van der Waals surface area contributed by atoms with Gasteiger partial charge in [0.1, 0.15) is 6.04 Å². The predicted molar refractivity (Wildman–Crippen MR) is 151 cm³/mol. The van der Waals surface area contributed by atoms with Crippen LogP contribution < -0.4 is 4.90 Å². The molecular formula is C25H31ClN4O8S2. The second kappa shape index (κ2) is 13.5. The maximum absolute atomic E-state index is 12.9. The minimum atomic E-state index is -3.99. The van der Waals surface area contributed by atoms with E-state index in [-0.39, 0.29) is 19.0 Å². The number of aromatic nitrogens is 1. The maximum Gasteiger partial charge on any atom is 0.327 e. The van der Waals surface area contributed by atoms with Crippen molar-refractivity contribution in [3.05, 3.63) is 64.8 Å². The second-order valence-electron chi connectivity index (χ2n) is 9.46. The molecule has 1 unspecified atom stereocenters. The fraction of sp³-hybridized carbons (Fsp3) is 0.400. The lowest BCUT2D eigenvalue weighted by atomic mass is 9.94. The minimum absolute atomic E-state index is 0.145. The molecule has 1 atom stereocenters. The van der Waals surface area contributed by atoms with Crippen LogP contribution in [-0.4, -0.2) is 97.6 Å². The number of sulfonamides is 1. The van der Waals surface area contributed by atoms with E-state index in [0.717, 1.165) is 41.3 Å². The molecule has 218 valence electrons. The van der Waals surface area contributed by atoms with Crippen LogP contribution in [0.15, 0.2) is 54.2 Å². The molecule has 40 heavy (non-hydrogen) atoms. The molecule has 2 aromatic rings. The molecule has 0 bridgehead atoms. The Balaban J connectivity index is 0.000000810. The number of piperidine rings is 1. The topological polar surface area (TPSA) is 165 Å². The summed E-state index contributed by atoms with van der Waals surface area (Å²) >= 11 is 5.85. The summed E-state index contributed by atoms with van der Waals surface area (Å²) in [4.78, 5) is 32.6. The Morgan fingerprint density at radius 1 is 1.07 bits per heavy atom. The lowest BCUT2D eigenvalue weighted by Crippen LogP contribution is -2.61. The molecule has 2 fully saturated rings. The van der Waals surface area contributed by atoms with Crippen molar-refractivity contribution in [2.24, 2.45) is 5.92 Å². The number of rotatable bonds is 7. The van der Waals surface area contributed by atoms with Gasteiger partial charge >= 0.3 is 5.97 Å². The average Bonchev–Trinajstić information content (AvgIpc) is 2.89. The normalized spacial score (nSPS) is 19.4. The van der Waals surface area contributed by atoms with Gasteiger partial charge < -0.3 is 14.9 Å². The summed E-state index contributed by atoms with van der Waals surface area (Å²) < 4.78 is 52.5. The highest BCUT2D eigenvalue weighted by Gasteiger charge is 2.41. The third-order valence-electron chi connectivity index (χ3n) is 6.43. The first-order chi connectivity index (χ1) is 18.7. The summed E-state index contributed by atoms with van der Waals surface area (Å²) in [6.07, 6.45) is 7.22. The van der Waals surface area contributed by atoms with Crippen LogP contribution in [0.2, 0.25) is 5.02 Å². The van der Waals surface area contributed by atoms with Gasteiger partial charge in [0.25, 0.3) is 10.1 Å². The summed E-state index contributed by atoms with van der Waals surface area (Å²) in [5, 5.41) is 11.3. The summed E-state index contributed by atoms with van der Waals surface area (Å²) in [6.45, 7) is 1.22. The van der Waals surface area contributed by atoms with Crippen LogP contribution >= 0.6 is 11.6 Å². The smallest absolute Gasteiger partial charge is 0.327 e. The van der Waals surface area contributed by atoms with Crippen LogP contribution in [0.1, 0.15) is 18.4 Å². The minimum Gasteiger partial charge on any atom is -0.480 e. The Bertz CT molecular complexity index is 1400. The third kappa shape index (κ3) is 9.55. The number of amides is 1. The summed E-state index contributed by atoms with van der Waals surface area (Å²) in [7, 11) is -7.65. The van der Waals surface area contributed by atoms with E-state index in [2.05, 4.69) is 9.88 Å². The molecule has 0 aliphatic carbocycles. The first kappa shape index (κ1) is 31.5. The van der Waals surface area contributed by atoms with E-state index < -0.39 is 38.1 Å². The van der Waals surface area contributed by atoms with E-state index in [1.54, 1.807) is 36.7 Å². The van der Waals surface area contributed by atoms with Gasteiger partial charge in [-0.25, -0.2) is 13.2 Å². The van der Waals surface area contributed by atoms with Crippen LogP contribution in [0, 0.1) is 5.92 Å². The van der Waals surface area contributed by atoms with Gasteiger partial charge in [0.2, 0.25) is 15.9 Å². The lowest BCUT2D eigenvalue weighted by Gasteiger charge is -2.41. The third-order valence-corrected chi connectivity index (χ3v) is 8.16. The number of halogens is 1. The first-order valence-electron chi connectivity index (χ1n) is 12.3. The van der Waals surface area contributed by atoms with Gasteiger partial charge in [-0.2, -0.15) is 12.7 Å². The number of benzene rings is 1. The highest BCUT2D eigenvalue weighted by atomic mass is 35.5. The molecule has 4 rings (SSSR count). The molecule has 2 aliphatic heterocycles.